The average Bonchev–Trinajstić information content (AvgIpc) is 2.29. The predicted octanol–water partition coefficient (Wildman–Crippen LogP) is 3.09. The summed E-state index contributed by atoms with van der Waals surface area (Å²) in [5.41, 5.74) is 2.48. The van der Waals surface area contributed by atoms with Gasteiger partial charge < -0.3 is 9.84 Å². The Labute approximate surface area is 98.3 Å². The molecule has 1 aromatic carbocycles. The Kier molecular flexibility index (Phi) is 4.81. The van der Waals surface area contributed by atoms with Crippen LogP contribution >= 0.6 is 0 Å². The summed E-state index contributed by atoms with van der Waals surface area (Å²) < 4.78 is 5.58. The van der Waals surface area contributed by atoms with Gasteiger partial charge in [-0.05, 0) is 43.0 Å². The van der Waals surface area contributed by atoms with Crippen molar-refractivity contribution in [3.8, 4) is 5.75 Å². The quantitative estimate of drug-likeness (QED) is 0.829. The molecule has 16 heavy (non-hydrogen) atoms. The van der Waals surface area contributed by atoms with Gasteiger partial charge in [-0.25, -0.2) is 0 Å². The van der Waals surface area contributed by atoms with Gasteiger partial charge in [-0.1, -0.05) is 26.3 Å². The first-order chi connectivity index (χ1) is 7.54. The van der Waals surface area contributed by atoms with Crippen LogP contribution in [0, 0.1) is 19.8 Å². The summed E-state index contributed by atoms with van der Waals surface area (Å²) in [5.74, 6) is 1.12. The van der Waals surface area contributed by atoms with Crippen LogP contribution in [0.25, 0.3) is 0 Å². The fourth-order valence-electron chi connectivity index (χ4n) is 1.42. The molecule has 2 nitrogen and oxygen atoms in total. The molecule has 0 saturated carbocycles. The Hall–Kier alpha value is -1.02. The zero-order chi connectivity index (χ0) is 12.1. The number of hydrogen-bond donors (Lipinski definition) is 1. The van der Waals surface area contributed by atoms with Crippen molar-refractivity contribution in [3.05, 3.63) is 29.3 Å². The molecule has 0 spiro atoms. The zero-order valence-corrected chi connectivity index (χ0v) is 10.7. The van der Waals surface area contributed by atoms with E-state index in [4.69, 9.17) is 4.74 Å². The number of hydrogen-bond acceptors (Lipinski definition) is 2. The molecule has 0 aromatic heterocycles. The first-order valence-electron chi connectivity index (χ1n) is 5.92. The molecule has 0 aliphatic heterocycles. The SMILES string of the molecule is CCC(C)C(O)COc1ccc(C)c(C)c1. The van der Waals surface area contributed by atoms with Crippen molar-refractivity contribution in [1.82, 2.24) is 0 Å². The highest BCUT2D eigenvalue weighted by Gasteiger charge is 2.12. The Morgan fingerprint density at radius 1 is 1.25 bits per heavy atom. The summed E-state index contributed by atoms with van der Waals surface area (Å²) in [4.78, 5) is 0. The number of benzene rings is 1. The van der Waals surface area contributed by atoms with Crippen LogP contribution in [0.2, 0.25) is 0 Å². The number of ether oxygens (including phenoxy) is 1. The molecule has 0 saturated heterocycles. The molecular formula is C14H22O2. The van der Waals surface area contributed by atoms with Crippen molar-refractivity contribution in [3.63, 3.8) is 0 Å². The maximum Gasteiger partial charge on any atom is 0.119 e. The van der Waals surface area contributed by atoms with E-state index in [1.807, 2.05) is 25.1 Å². The summed E-state index contributed by atoms with van der Waals surface area (Å²) in [6.45, 7) is 8.62. The van der Waals surface area contributed by atoms with E-state index in [-0.39, 0.29) is 12.0 Å². The monoisotopic (exact) mass is 222 g/mol. The number of aryl methyl sites for hydroxylation is 2. The van der Waals surface area contributed by atoms with Crippen molar-refractivity contribution in [2.75, 3.05) is 6.61 Å². The first-order valence-corrected chi connectivity index (χ1v) is 5.92. The molecule has 2 unspecified atom stereocenters. The standard InChI is InChI=1S/C14H22O2/c1-5-10(2)14(15)9-16-13-7-6-11(3)12(4)8-13/h6-8,10,14-15H,5,9H2,1-4H3. The van der Waals surface area contributed by atoms with E-state index in [0.29, 0.717) is 6.61 Å². The van der Waals surface area contributed by atoms with Gasteiger partial charge in [0.05, 0.1) is 6.10 Å². The third kappa shape index (κ3) is 3.53. The molecule has 0 radical (unpaired) electrons. The summed E-state index contributed by atoms with van der Waals surface area (Å²) in [6.07, 6.45) is 0.587. The van der Waals surface area contributed by atoms with Crippen molar-refractivity contribution < 1.29 is 9.84 Å². The molecule has 90 valence electrons. The molecule has 1 aromatic rings. The lowest BCUT2D eigenvalue weighted by Crippen LogP contribution is -2.24. The Morgan fingerprint density at radius 3 is 2.50 bits per heavy atom. The molecule has 0 heterocycles. The maximum absolute atomic E-state index is 9.78. The molecule has 1 N–H and O–H groups in total. The van der Waals surface area contributed by atoms with E-state index < -0.39 is 0 Å². The molecule has 0 bridgehead atoms. The fourth-order valence-corrected chi connectivity index (χ4v) is 1.42. The summed E-state index contributed by atoms with van der Waals surface area (Å²) in [7, 11) is 0. The van der Waals surface area contributed by atoms with E-state index in [1.54, 1.807) is 0 Å². The molecule has 0 fully saturated rings. The van der Waals surface area contributed by atoms with Crippen molar-refractivity contribution in [1.29, 1.82) is 0 Å². The first kappa shape index (κ1) is 13.0. The van der Waals surface area contributed by atoms with E-state index in [0.717, 1.165) is 12.2 Å². The van der Waals surface area contributed by atoms with Crippen LogP contribution in [0.15, 0.2) is 18.2 Å². The van der Waals surface area contributed by atoms with Crippen LogP contribution in [0.5, 0.6) is 5.75 Å². The maximum atomic E-state index is 9.78. The number of rotatable bonds is 5. The van der Waals surface area contributed by atoms with E-state index in [9.17, 15) is 5.11 Å². The van der Waals surface area contributed by atoms with Gasteiger partial charge in [-0.15, -0.1) is 0 Å². The minimum atomic E-state index is -0.383. The number of aliphatic hydroxyl groups is 1. The normalized spacial score (nSPS) is 14.6. The molecule has 0 amide bonds. The van der Waals surface area contributed by atoms with Crippen LogP contribution in [0.1, 0.15) is 31.4 Å². The lowest BCUT2D eigenvalue weighted by molar-refractivity contribution is 0.0622. The second-order valence-corrected chi connectivity index (χ2v) is 4.51. The van der Waals surface area contributed by atoms with Gasteiger partial charge in [0.25, 0.3) is 0 Å². The number of aliphatic hydroxyl groups excluding tert-OH is 1. The topological polar surface area (TPSA) is 29.5 Å². The molecule has 1 rings (SSSR count). The van der Waals surface area contributed by atoms with Crippen LogP contribution < -0.4 is 4.74 Å². The van der Waals surface area contributed by atoms with E-state index in [2.05, 4.69) is 20.8 Å². The molecule has 0 aliphatic carbocycles. The molecule has 2 atom stereocenters. The van der Waals surface area contributed by atoms with Crippen LogP contribution in [-0.4, -0.2) is 17.8 Å². The highest BCUT2D eigenvalue weighted by atomic mass is 16.5. The summed E-state index contributed by atoms with van der Waals surface area (Å²) in [6, 6.07) is 6.00. The van der Waals surface area contributed by atoms with Gasteiger partial charge in [0.2, 0.25) is 0 Å². The zero-order valence-electron chi connectivity index (χ0n) is 10.7. The Morgan fingerprint density at radius 2 is 1.94 bits per heavy atom. The van der Waals surface area contributed by atoms with E-state index in [1.165, 1.54) is 11.1 Å². The van der Waals surface area contributed by atoms with Gasteiger partial charge in [-0.2, -0.15) is 0 Å². The van der Waals surface area contributed by atoms with Crippen molar-refractivity contribution >= 4 is 0 Å². The molecule has 2 heteroatoms. The highest BCUT2D eigenvalue weighted by molar-refractivity contribution is 5.33. The van der Waals surface area contributed by atoms with Gasteiger partial charge >= 0.3 is 0 Å². The van der Waals surface area contributed by atoms with Crippen LogP contribution in [0.3, 0.4) is 0 Å². The predicted molar refractivity (Wildman–Crippen MR) is 66.9 cm³/mol. The van der Waals surface area contributed by atoms with Gasteiger partial charge in [0.15, 0.2) is 0 Å². The molecular weight excluding hydrogens is 200 g/mol. The fraction of sp³-hybridized carbons (Fsp3) is 0.571. The smallest absolute Gasteiger partial charge is 0.119 e. The van der Waals surface area contributed by atoms with Gasteiger partial charge in [0, 0.05) is 0 Å². The summed E-state index contributed by atoms with van der Waals surface area (Å²) >= 11 is 0. The Bertz CT molecular complexity index is 334. The summed E-state index contributed by atoms with van der Waals surface area (Å²) in [5, 5.41) is 9.78. The van der Waals surface area contributed by atoms with Crippen LogP contribution in [-0.2, 0) is 0 Å². The lowest BCUT2D eigenvalue weighted by Gasteiger charge is -2.18. The average molecular weight is 222 g/mol. The minimum Gasteiger partial charge on any atom is -0.491 e. The largest absolute Gasteiger partial charge is 0.491 e. The lowest BCUT2D eigenvalue weighted by atomic mass is 10.0. The van der Waals surface area contributed by atoms with Crippen LogP contribution in [0.4, 0.5) is 0 Å². The minimum absolute atomic E-state index is 0.284. The highest BCUT2D eigenvalue weighted by Crippen LogP contribution is 2.17. The molecule has 0 aliphatic rings. The van der Waals surface area contributed by atoms with Gasteiger partial charge in [-0.3, -0.25) is 0 Å². The van der Waals surface area contributed by atoms with Gasteiger partial charge in [0.1, 0.15) is 12.4 Å². The van der Waals surface area contributed by atoms with Crippen molar-refractivity contribution in [2.24, 2.45) is 5.92 Å². The van der Waals surface area contributed by atoms with E-state index >= 15 is 0 Å². The third-order valence-electron chi connectivity index (χ3n) is 3.20. The van der Waals surface area contributed by atoms with Crippen molar-refractivity contribution in [2.45, 2.75) is 40.2 Å². The second-order valence-electron chi connectivity index (χ2n) is 4.51. The Balaban J connectivity index is 2.51. The second kappa shape index (κ2) is 5.90. The third-order valence-corrected chi connectivity index (χ3v) is 3.20.